The lowest BCUT2D eigenvalue weighted by molar-refractivity contribution is -0.125. The van der Waals surface area contributed by atoms with E-state index in [9.17, 15) is 4.79 Å². The lowest BCUT2D eigenvalue weighted by atomic mass is 9.89. The molecule has 1 amide bonds. The largest absolute Gasteiger partial charge is 0.370 e. The van der Waals surface area contributed by atoms with Gasteiger partial charge in [-0.25, -0.2) is 0 Å². The van der Waals surface area contributed by atoms with Crippen LogP contribution in [0.25, 0.3) is 0 Å². The first-order valence-electron chi connectivity index (χ1n) is 7.51. The number of nitrogens with two attached hydrogens (primary N) is 1. The predicted octanol–water partition coefficient (Wildman–Crippen LogP) is 2.54. The van der Waals surface area contributed by atoms with Crippen molar-refractivity contribution in [2.24, 2.45) is 11.1 Å². The van der Waals surface area contributed by atoms with Gasteiger partial charge in [-0.1, -0.05) is 24.6 Å². The smallest absolute Gasteiger partial charge is 0.225 e. The highest BCUT2D eigenvalue weighted by Crippen LogP contribution is 2.36. The number of hydrogen-bond acceptors (Lipinski definition) is 3. The van der Waals surface area contributed by atoms with E-state index >= 15 is 0 Å². The minimum atomic E-state index is -0.448. The Morgan fingerprint density at radius 2 is 2.29 bits per heavy atom. The molecule has 0 spiro atoms. The summed E-state index contributed by atoms with van der Waals surface area (Å²) in [5.74, 6) is -0.224. The summed E-state index contributed by atoms with van der Waals surface area (Å²) in [4.78, 5) is 13.8. The van der Waals surface area contributed by atoms with Gasteiger partial charge >= 0.3 is 0 Å². The molecule has 21 heavy (non-hydrogen) atoms. The first kappa shape index (κ1) is 16.1. The number of carbonyl (C=O) groups is 1. The molecule has 116 valence electrons. The van der Waals surface area contributed by atoms with Gasteiger partial charge in [0.25, 0.3) is 0 Å². The van der Waals surface area contributed by atoms with Crippen LogP contribution in [0.1, 0.15) is 32.3 Å². The first-order valence-corrected chi connectivity index (χ1v) is 7.88. The Kier molecular flexibility index (Phi) is 5.12. The van der Waals surface area contributed by atoms with Gasteiger partial charge in [0, 0.05) is 35.9 Å². The van der Waals surface area contributed by atoms with Gasteiger partial charge in [0.2, 0.25) is 5.91 Å². The van der Waals surface area contributed by atoms with Crippen molar-refractivity contribution in [2.45, 2.75) is 33.2 Å². The number of benzene rings is 1. The van der Waals surface area contributed by atoms with E-state index in [0.29, 0.717) is 6.54 Å². The van der Waals surface area contributed by atoms with Crippen LogP contribution < -0.4 is 16.0 Å². The van der Waals surface area contributed by atoms with Gasteiger partial charge in [-0.15, -0.1) is 0 Å². The Morgan fingerprint density at radius 3 is 2.90 bits per heavy atom. The topological polar surface area (TPSA) is 58.4 Å². The maximum absolute atomic E-state index is 11.6. The van der Waals surface area contributed by atoms with Gasteiger partial charge in [0.1, 0.15) is 0 Å². The van der Waals surface area contributed by atoms with E-state index in [1.54, 1.807) is 0 Å². The molecule has 1 aliphatic heterocycles. The highest BCUT2D eigenvalue weighted by Gasteiger charge is 2.39. The van der Waals surface area contributed by atoms with Gasteiger partial charge in [-0.2, -0.15) is 0 Å². The molecule has 3 N–H and O–H groups in total. The Morgan fingerprint density at radius 1 is 1.52 bits per heavy atom. The standard InChI is InChI=1S/C16H24ClN3O/c1-3-8-19-10-12-13(17)5-4-6-14(12)20-9-7-16(2,11-20)15(18)21/h4-6,19H,3,7-11H2,1-2H3,(H2,18,21). The van der Waals surface area contributed by atoms with E-state index in [1.165, 1.54) is 0 Å². The number of carbonyl (C=O) groups excluding carboxylic acids is 1. The Balaban J connectivity index is 2.20. The summed E-state index contributed by atoms with van der Waals surface area (Å²) in [6.45, 7) is 7.27. The van der Waals surface area contributed by atoms with E-state index in [4.69, 9.17) is 17.3 Å². The first-order chi connectivity index (χ1) is 9.98. The van der Waals surface area contributed by atoms with Crippen molar-refractivity contribution in [3.05, 3.63) is 28.8 Å². The van der Waals surface area contributed by atoms with Crippen LogP contribution in [0, 0.1) is 5.41 Å². The van der Waals surface area contributed by atoms with Crippen molar-refractivity contribution in [3.8, 4) is 0 Å². The molecule has 2 rings (SSSR count). The predicted molar refractivity (Wildman–Crippen MR) is 87.6 cm³/mol. The maximum Gasteiger partial charge on any atom is 0.225 e. The van der Waals surface area contributed by atoms with Gasteiger partial charge in [0.15, 0.2) is 0 Å². The van der Waals surface area contributed by atoms with Crippen molar-refractivity contribution in [3.63, 3.8) is 0 Å². The highest BCUT2D eigenvalue weighted by molar-refractivity contribution is 6.31. The van der Waals surface area contributed by atoms with E-state index in [0.717, 1.165) is 48.7 Å². The molecule has 1 atom stereocenters. The quantitative estimate of drug-likeness (QED) is 0.794. The Hall–Kier alpha value is -1.26. The molecular weight excluding hydrogens is 286 g/mol. The second kappa shape index (κ2) is 6.67. The normalized spacial score (nSPS) is 21.8. The lowest BCUT2D eigenvalue weighted by Gasteiger charge is -2.25. The molecular formula is C16H24ClN3O. The molecule has 0 aromatic heterocycles. The molecule has 0 bridgehead atoms. The van der Waals surface area contributed by atoms with Crippen LogP contribution in [0.15, 0.2) is 18.2 Å². The van der Waals surface area contributed by atoms with Gasteiger partial charge in [-0.3, -0.25) is 4.79 Å². The number of nitrogens with one attached hydrogen (secondary N) is 1. The minimum absolute atomic E-state index is 0.224. The fourth-order valence-electron chi connectivity index (χ4n) is 2.78. The summed E-state index contributed by atoms with van der Waals surface area (Å²) < 4.78 is 0. The van der Waals surface area contributed by atoms with E-state index < -0.39 is 5.41 Å². The second-order valence-electron chi connectivity index (χ2n) is 6.01. The van der Waals surface area contributed by atoms with Crippen LogP contribution >= 0.6 is 11.6 Å². The summed E-state index contributed by atoms with van der Waals surface area (Å²) in [6.07, 6.45) is 1.87. The van der Waals surface area contributed by atoms with Crippen LogP contribution in [0.4, 0.5) is 5.69 Å². The summed E-state index contributed by atoms with van der Waals surface area (Å²) in [5.41, 5.74) is 7.29. The highest BCUT2D eigenvalue weighted by atomic mass is 35.5. The van der Waals surface area contributed by atoms with Crippen LogP contribution in [0.5, 0.6) is 0 Å². The van der Waals surface area contributed by atoms with Crippen LogP contribution in [0.3, 0.4) is 0 Å². The number of anilines is 1. The molecule has 1 unspecified atom stereocenters. The van der Waals surface area contributed by atoms with Gasteiger partial charge in [0.05, 0.1) is 5.41 Å². The van der Waals surface area contributed by atoms with Crippen molar-refractivity contribution in [2.75, 3.05) is 24.5 Å². The van der Waals surface area contributed by atoms with Crippen molar-refractivity contribution < 1.29 is 4.79 Å². The van der Waals surface area contributed by atoms with Crippen molar-refractivity contribution in [1.29, 1.82) is 0 Å². The van der Waals surface area contributed by atoms with Gasteiger partial charge < -0.3 is 16.0 Å². The molecule has 0 aliphatic carbocycles. The fraction of sp³-hybridized carbons (Fsp3) is 0.562. The molecule has 1 fully saturated rings. The molecule has 1 saturated heterocycles. The Bertz CT molecular complexity index is 520. The van der Waals surface area contributed by atoms with Crippen LogP contribution in [-0.4, -0.2) is 25.5 Å². The molecule has 1 aromatic carbocycles. The molecule has 1 aliphatic rings. The molecule has 0 radical (unpaired) electrons. The van der Waals surface area contributed by atoms with Crippen molar-refractivity contribution >= 4 is 23.2 Å². The summed E-state index contributed by atoms with van der Waals surface area (Å²) in [7, 11) is 0. The van der Waals surface area contributed by atoms with E-state index in [-0.39, 0.29) is 5.91 Å². The van der Waals surface area contributed by atoms with Crippen LogP contribution in [-0.2, 0) is 11.3 Å². The summed E-state index contributed by atoms with van der Waals surface area (Å²) >= 11 is 6.36. The number of nitrogens with zero attached hydrogens (tertiary/aromatic N) is 1. The monoisotopic (exact) mass is 309 g/mol. The second-order valence-corrected chi connectivity index (χ2v) is 6.42. The molecule has 1 aromatic rings. The summed E-state index contributed by atoms with van der Waals surface area (Å²) in [5, 5.41) is 4.16. The fourth-order valence-corrected chi connectivity index (χ4v) is 3.01. The zero-order chi connectivity index (χ0) is 15.5. The van der Waals surface area contributed by atoms with E-state index in [1.807, 2.05) is 19.1 Å². The number of primary amides is 1. The third-order valence-corrected chi connectivity index (χ3v) is 4.59. The number of hydrogen-bond donors (Lipinski definition) is 2. The number of amides is 1. The maximum atomic E-state index is 11.6. The van der Waals surface area contributed by atoms with Crippen LogP contribution in [0.2, 0.25) is 5.02 Å². The van der Waals surface area contributed by atoms with Crippen molar-refractivity contribution in [1.82, 2.24) is 5.32 Å². The minimum Gasteiger partial charge on any atom is -0.370 e. The third-order valence-electron chi connectivity index (χ3n) is 4.23. The number of rotatable bonds is 6. The summed E-state index contributed by atoms with van der Waals surface area (Å²) in [6, 6.07) is 5.94. The molecule has 1 heterocycles. The average molecular weight is 310 g/mol. The Labute approximate surface area is 131 Å². The lowest BCUT2D eigenvalue weighted by Crippen LogP contribution is -2.37. The van der Waals surface area contributed by atoms with E-state index in [2.05, 4.69) is 23.2 Å². The zero-order valence-corrected chi connectivity index (χ0v) is 13.5. The third kappa shape index (κ3) is 3.50. The average Bonchev–Trinajstić information content (AvgIpc) is 2.85. The number of halogens is 1. The zero-order valence-electron chi connectivity index (χ0n) is 12.8. The molecule has 5 heteroatoms. The van der Waals surface area contributed by atoms with Gasteiger partial charge in [-0.05, 0) is 38.4 Å². The SMILES string of the molecule is CCCNCc1c(Cl)cccc1N1CCC(C)(C(N)=O)C1. The molecule has 0 saturated carbocycles. The molecule has 4 nitrogen and oxygen atoms in total.